The summed E-state index contributed by atoms with van der Waals surface area (Å²) in [5.41, 5.74) is 2.39. The number of thiophene rings is 1. The van der Waals surface area contributed by atoms with Gasteiger partial charge in [-0.1, -0.05) is 6.07 Å². The van der Waals surface area contributed by atoms with E-state index in [1.807, 2.05) is 52.4 Å². The zero-order valence-electron chi connectivity index (χ0n) is 14.6. The Kier molecular flexibility index (Phi) is 4.46. The van der Waals surface area contributed by atoms with Gasteiger partial charge in [-0.2, -0.15) is 0 Å². The SMILES string of the molecule is Cc1nc2ccc(C(=O)N3CCN(C(=O)Cc4cccs4)CC3)cc2[nH]1. The summed E-state index contributed by atoms with van der Waals surface area (Å²) in [5, 5.41) is 1.98. The quantitative estimate of drug-likeness (QED) is 0.772. The summed E-state index contributed by atoms with van der Waals surface area (Å²) in [6.07, 6.45) is 0.446. The molecule has 134 valence electrons. The van der Waals surface area contributed by atoms with E-state index >= 15 is 0 Å². The lowest BCUT2D eigenvalue weighted by Crippen LogP contribution is -2.50. The molecule has 2 amide bonds. The summed E-state index contributed by atoms with van der Waals surface area (Å²) in [7, 11) is 0. The van der Waals surface area contributed by atoms with Crippen molar-refractivity contribution >= 4 is 34.2 Å². The molecular formula is C19H20N4O2S. The number of aryl methyl sites for hydroxylation is 1. The normalized spacial score (nSPS) is 14.8. The van der Waals surface area contributed by atoms with Crippen LogP contribution in [0.3, 0.4) is 0 Å². The molecule has 7 heteroatoms. The topological polar surface area (TPSA) is 69.3 Å². The first kappa shape index (κ1) is 16.8. The third kappa shape index (κ3) is 3.35. The van der Waals surface area contributed by atoms with Crippen molar-refractivity contribution < 1.29 is 9.59 Å². The van der Waals surface area contributed by atoms with E-state index in [1.165, 1.54) is 0 Å². The van der Waals surface area contributed by atoms with Gasteiger partial charge in [-0.05, 0) is 36.6 Å². The number of carbonyl (C=O) groups excluding carboxylic acids is 2. The summed E-state index contributed by atoms with van der Waals surface area (Å²) in [5.74, 6) is 0.973. The second kappa shape index (κ2) is 6.92. The number of hydrogen-bond donors (Lipinski definition) is 1. The van der Waals surface area contributed by atoms with Gasteiger partial charge < -0.3 is 14.8 Å². The molecule has 0 aliphatic carbocycles. The van der Waals surface area contributed by atoms with Crippen LogP contribution in [-0.2, 0) is 11.2 Å². The Hall–Kier alpha value is -2.67. The summed E-state index contributed by atoms with van der Waals surface area (Å²) in [6.45, 7) is 4.20. The average molecular weight is 368 g/mol. The molecule has 6 nitrogen and oxygen atoms in total. The van der Waals surface area contributed by atoms with Crippen LogP contribution < -0.4 is 0 Å². The summed E-state index contributed by atoms with van der Waals surface area (Å²) in [6, 6.07) is 9.48. The van der Waals surface area contributed by atoms with Gasteiger partial charge in [-0.25, -0.2) is 4.98 Å². The fourth-order valence-corrected chi connectivity index (χ4v) is 3.98. The van der Waals surface area contributed by atoms with Gasteiger partial charge in [0.05, 0.1) is 17.5 Å². The molecule has 0 spiro atoms. The number of benzene rings is 1. The van der Waals surface area contributed by atoms with Crippen molar-refractivity contribution in [2.45, 2.75) is 13.3 Å². The molecule has 0 unspecified atom stereocenters. The highest BCUT2D eigenvalue weighted by molar-refractivity contribution is 7.10. The molecule has 2 aromatic heterocycles. The van der Waals surface area contributed by atoms with Gasteiger partial charge in [0.1, 0.15) is 5.82 Å². The smallest absolute Gasteiger partial charge is 0.254 e. The third-order valence-electron chi connectivity index (χ3n) is 4.67. The lowest BCUT2D eigenvalue weighted by Gasteiger charge is -2.34. The Bertz CT molecular complexity index is 940. The number of nitrogens with zero attached hydrogens (tertiary/aromatic N) is 3. The lowest BCUT2D eigenvalue weighted by atomic mass is 10.1. The zero-order valence-corrected chi connectivity index (χ0v) is 15.4. The molecule has 1 aromatic carbocycles. The lowest BCUT2D eigenvalue weighted by molar-refractivity contribution is -0.131. The first-order valence-electron chi connectivity index (χ1n) is 8.66. The van der Waals surface area contributed by atoms with Crippen LogP contribution in [0.25, 0.3) is 11.0 Å². The highest BCUT2D eigenvalue weighted by Crippen LogP contribution is 2.17. The van der Waals surface area contributed by atoms with Crippen LogP contribution in [0.5, 0.6) is 0 Å². The average Bonchev–Trinajstić information content (AvgIpc) is 3.28. The molecule has 0 bridgehead atoms. The van der Waals surface area contributed by atoms with Crippen molar-refractivity contribution in [1.82, 2.24) is 19.8 Å². The Morgan fingerprint density at radius 1 is 1.15 bits per heavy atom. The van der Waals surface area contributed by atoms with Crippen LogP contribution in [0.2, 0.25) is 0 Å². The molecule has 0 atom stereocenters. The molecule has 1 fully saturated rings. The monoisotopic (exact) mass is 368 g/mol. The second-order valence-corrected chi connectivity index (χ2v) is 7.52. The number of H-pyrrole nitrogens is 1. The van der Waals surface area contributed by atoms with Gasteiger partial charge in [0.2, 0.25) is 5.91 Å². The Labute approximate surface area is 155 Å². The Morgan fingerprint density at radius 2 is 1.92 bits per heavy atom. The second-order valence-electron chi connectivity index (χ2n) is 6.48. The van der Waals surface area contributed by atoms with Crippen molar-refractivity contribution in [3.63, 3.8) is 0 Å². The van der Waals surface area contributed by atoms with Crippen LogP contribution in [-0.4, -0.2) is 57.8 Å². The molecule has 1 N–H and O–H groups in total. The number of amides is 2. The van der Waals surface area contributed by atoms with Crippen LogP contribution in [0.4, 0.5) is 0 Å². The minimum atomic E-state index is 0.00417. The molecule has 3 heterocycles. The molecule has 0 radical (unpaired) electrons. The number of nitrogens with one attached hydrogen (secondary N) is 1. The predicted octanol–water partition coefficient (Wildman–Crippen LogP) is 2.46. The third-order valence-corrected chi connectivity index (χ3v) is 5.55. The van der Waals surface area contributed by atoms with Crippen LogP contribution in [0.1, 0.15) is 21.1 Å². The van der Waals surface area contributed by atoms with Crippen molar-refractivity contribution in [2.75, 3.05) is 26.2 Å². The van der Waals surface area contributed by atoms with E-state index in [-0.39, 0.29) is 11.8 Å². The zero-order chi connectivity index (χ0) is 18.1. The molecular weight excluding hydrogens is 348 g/mol. The molecule has 4 rings (SSSR count). The van der Waals surface area contributed by atoms with Crippen LogP contribution in [0, 0.1) is 6.92 Å². The van der Waals surface area contributed by atoms with E-state index in [0.717, 1.165) is 21.7 Å². The fourth-order valence-electron chi connectivity index (χ4n) is 3.29. The number of fused-ring (bicyclic) bond motifs is 1. The molecule has 1 aliphatic rings. The van der Waals surface area contributed by atoms with Crippen LogP contribution in [0.15, 0.2) is 35.7 Å². The number of aromatic amines is 1. The van der Waals surface area contributed by atoms with Crippen molar-refractivity contribution in [1.29, 1.82) is 0 Å². The van der Waals surface area contributed by atoms with E-state index in [1.54, 1.807) is 11.3 Å². The van der Waals surface area contributed by atoms with E-state index in [2.05, 4.69) is 9.97 Å². The minimum Gasteiger partial charge on any atom is -0.342 e. The maximum atomic E-state index is 12.8. The van der Waals surface area contributed by atoms with Crippen molar-refractivity contribution in [3.8, 4) is 0 Å². The largest absolute Gasteiger partial charge is 0.342 e. The van der Waals surface area contributed by atoms with Crippen LogP contribution >= 0.6 is 11.3 Å². The first-order valence-corrected chi connectivity index (χ1v) is 9.54. The van der Waals surface area contributed by atoms with E-state index in [4.69, 9.17) is 0 Å². The molecule has 3 aromatic rings. The van der Waals surface area contributed by atoms with Gasteiger partial charge in [0, 0.05) is 36.6 Å². The van der Waals surface area contributed by atoms with Gasteiger partial charge in [-0.15, -0.1) is 11.3 Å². The van der Waals surface area contributed by atoms with Gasteiger partial charge in [-0.3, -0.25) is 9.59 Å². The number of piperazine rings is 1. The number of rotatable bonds is 3. The maximum Gasteiger partial charge on any atom is 0.254 e. The molecule has 26 heavy (non-hydrogen) atoms. The highest BCUT2D eigenvalue weighted by atomic mass is 32.1. The summed E-state index contributed by atoms with van der Waals surface area (Å²) in [4.78, 5) is 37.4. The van der Waals surface area contributed by atoms with E-state index < -0.39 is 0 Å². The molecule has 1 saturated heterocycles. The van der Waals surface area contributed by atoms with Gasteiger partial charge >= 0.3 is 0 Å². The van der Waals surface area contributed by atoms with E-state index in [0.29, 0.717) is 38.2 Å². The number of imidazole rings is 1. The Morgan fingerprint density at radius 3 is 2.65 bits per heavy atom. The highest BCUT2D eigenvalue weighted by Gasteiger charge is 2.25. The van der Waals surface area contributed by atoms with Crippen molar-refractivity contribution in [2.24, 2.45) is 0 Å². The van der Waals surface area contributed by atoms with Gasteiger partial charge in [0.25, 0.3) is 5.91 Å². The summed E-state index contributed by atoms with van der Waals surface area (Å²) >= 11 is 1.60. The standard InChI is InChI=1S/C19H20N4O2S/c1-13-20-16-5-4-14(11-17(16)21-13)19(25)23-8-6-22(7-9-23)18(24)12-15-3-2-10-26-15/h2-5,10-11H,6-9,12H2,1H3,(H,20,21). The minimum absolute atomic E-state index is 0.00417. The van der Waals surface area contributed by atoms with E-state index in [9.17, 15) is 9.59 Å². The molecule has 0 saturated carbocycles. The van der Waals surface area contributed by atoms with Gasteiger partial charge in [0.15, 0.2) is 0 Å². The Balaban J connectivity index is 1.38. The first-order chi connectivity index (χ1) is 12.6. The predicted molar refractivity (Wildman–Crippen MR) is 101 cm³/mol. The summed E-state index contributed by atoms with van der Waals surface area (Å²) < 4.78 is 0. The number of hydrogen-bond acceptors (Lipinski definition) is 4. The maximum absolute atomic E-state index is 12.8. The fraction of sp³-hybridized carbons (Fsp3) is 0.316. The number of aromatic nitrogens is 2. The number of carbonyl (C=O) groups is 2. The molecule has 1 aliphatic heterocycles. The van der Waals surface area contributed by atoms with Crippen molar-refractivity contribution in [3.05, 3.63) is 52.0 Å².